The monoisotopic (exact) mass is 370 g/mol. The van der Waals surface area contributed by atoms with Crippen molar-refractivity contribution in [2.24, 2.45) is 4.99 Å². The Labute approximate surface area is 156 Å². The molecular formula is C20H20F2N4O. The van der Waals surface area contributed by atoms with Gasteiger partial charge in [0.15, 0.2) is 17.6 Å². The minimum atomic E-state index is -0.875. The lowest BCUT2D eigenvalue weighted by Crippen LogP contribution is -2.38. The number of nitrogens with one attached hydrogen (secondary N) is 2. The molecule has 0 aliphatic rings. The Bertz CT molecular complexity index is 925. The van der Waals surface area contributed by atoms with E-state index in [0.717, 1.165) is 17.3 Å². The van der Waals surface area contributed by atoms with Crippen LogP contribution in [0.4, 0.5) is 8.78 Å². The van der Waals surface area contributed by atoms with Crippen molar-refractivity contribution in [3.8, 4) is 11.5 Å². The standard InChI is InChI=1S/C20H20F2N4O/c1-13(15-8-9-17(21)18(22)10-15)25-20(23-2)24-11-16-12-27-19(26-16)14-6-4-3-5-7-14/h3-10,12-13H,11H2,1-2H3,(H2,23,24,25). The van der Waals surface area contributed by atoms with Gasteiger partial charge in [-0.05, 0) is 36.8 Å². The van der Waals surface area contributed by atoms with E-state index in [2.05, 4.69) is 20.6 Å². The molecule has 1 unspecified atom stereocenters. The summed E-state index contributed by atoms with van der Waals surface area (Å²) >= 11 is 0. The summed E-state index contributed by atoms with van der Waals surface area (Å²) in [6.45, 7) is 2.24. The van der Waals surface area contributed by atoms with E-state index in [1.54, 1.807) is 13.3 Å². The maximum Gasteiger partial charge on any atom is 0.226 e. The second-order valence-electron chi connectivity index (χ2n) is 5.98. The summed E-state index contributed by atoms with van der Waals surface area (Å²) in [6, 6.07) is 13.2. The number of nitrogens with zero attached hydrogens (tertiary/aromatic N) is 2. The molecule has 1 heterocycles. The predicted molar refractivity (Wildman–Crippen MR) is 100 cm³/mol. The highest BCUT2D eigenvalue weighted by Crippen LogP contribution is 2.18. The fourth-order valence-electron chi connectivity index (χ4n) is 2.54. The van der Waals surface area contributed by atoms with E-state index < -0.39 is 11.6 Å². The van der Waals surface area contributed by atoms with Gasteiger partial charge >= 0.3 is 0 Å². The minimum absolute atomic E-state index is 0.261. The molecule has 3 aromatic rings. The quantitative estimate of drug-likeness (QED) is 0.525. The van der Waals surface area contributed by atoms with Gasteiger partial charge in [-0.15, -0.1) is 0 Å². The van der Waals surface area contributed by atoms with Gasteiger partial charge in [-0.3, -0.25) is 4.99 Å². The van der Waals surface area contributed by atoms with E-state index in [1.807, 2.05) is 37.3 Å². The molecule has 0 fully saturated rings. The SMILES string of the molecule is CN=C(NCc1coc(-c2ccccc2)n1)NC(C)c1ccc(F)c(F)c1. The van der Waals surface area contributed by atoms with Crippen LogP contribution in [-0.2, 0) is 6.54 Å². The van der Waals surface area contributed by atoms with Crippen LogP contribution in [0.5, 0.6) is 0 Å². The molecule has 0 saturated heterocycles. The van der Waals surface area contributed by atoms with Crippen LogP contribution in [0.2, 0.25) is 0 Å². The molecule has 2 N–H and O–H groups in total. The smallest absolute Gasteiger partial charge is 0.226 e. The molecule has 0 aliphatic carbocycles. The molecule has 1 atom stereocenters. The molecule has 0 amide bonds. The maximum atomic E-state index is 13.4. The molecule has 0 spiro atoms. The van der Waals surface area contributed by atoms with Gasteiger partial charge in [0.1, 0.15) is 6.26 Å². The van der Waals surface area contributed by atoms with E-state index in [-0.39, 0.29) is 6.04 Å². The number of hydrogen-bond donors (Lipinski definition) is 2. The van der Waals surface area contributed by atoms with Crippen LogP contribution in [0, 0.1) is 11.6 Å². The number of halogens is 2. The van der Waals surface area contributed by atoms with Gasteiger partial charge < -0.3 is 15.1 Å². The first-order valence-corrected chi connectivity index (χ1v) is 8.49. The second-order valence-corrected chi connectivity index (χ2v) is 5.98. The van der Waals surface area contributed by atoms with Gasteiger partial charge in [0, 0.05) is 12.6 Å². The summed E-state index contributed by atoms with van der Waals surface area (Å²) in [4.78, 5) is 8.58. The Morgan fingerprint density at radius 2 is 1.93 bits per heavy atom. The normalized spacial score (nSPS) is 12.7. The summed E-state index contributed by atoms with van der Waals surface area (Å²) in [5.74, 6) is -0.684. The number of benzene rings is 2. The molecule has 0 aliphatic heterocycles. The lowest BCUT2D eigenvalue weighted by atomic mass is 10.1. The zero-order valence-electron chi connectivity index (χ0n) is 15.0. The number of guanidine groups is 1. The van der Waals surface area contributed by atoms with E-state index in [4.69, 9.17) is 4.42 Å². The van der Waals surface area contributed by atoms with Crippen molar-refractivity contribution in [3.05, 3.63) is 77.7 Å². The van der Waals surface area contributed by atoms with Crippen LogP contribution in [0.25, 0.3) is 11.5 Å². The largest absolute Gasteiger partial charge is 0.444 e. The zero-order valence-corrected chi connectivity index (χ0v) is 15.0. The summed E-state index contributed by atoms with van der Waals surface area (Å²) in [6.07, 6.45) is 1.58. The van der Waals surface area contributed by atoms with Gasteiger partial charge in [-0.25, -0.2) is 13.8 Å². The minimum Gasteiger partial charge on any atom is -0.444 e. The van der Waals surface area contributed by atoms with E-state index >= 15 is 0 Å². The summed E-state index contributed by atoms with van der Waals surface area (Å²) in [7, 11) is 1.63. The molecule has 7 heteroatoms. The van der Waals surface area contributed by atoms with Crippen molar-refractivity contribution in [2.75, 3.05) is 7.05 Å². The number of hydrogen-bond acceptors (Lipinski definition) is 3. The van der Waals surface area contributed by atoms with E-state index in [0.29, 0.717) is 24.0 Å². The Balaban J connectivity index is 1.59. The van der Waals surface area contributed by atoms with Crippen LogP contribution in [-0.4, -0.2) is 18.0 Å². The van der Waals surface area contributed by atoms with Crippen LogP contribution in [0.1, 0.15) is 24.2 Å². The third-order valence-electron chi connectivity index (χ3n) is 4.03. The molecule has 27 heavy (non-hydrogen) atoms. The zero-order chi connectivity index (χ0) is 19.2. The van der Waals surface area contributed by atoms with Crippen molar-refractivity contribution in [1.82, 2.24) is 15.6 Å². The van der Waals surface area contributed by atoms with Crippen LogP contribution < -0.4 is 10.6 Å². The first-order chi connectivity index (χ1) is 13.1. The fourth-order valence-corrected chi connectivity index (χ4v) is 2.54. The second kappa shape index (κ2) is 8.44. The van der Waals surface area contributed by atoms with Crippen LogP contribution >= 0.6 is 0 Å². The molecule has 0 saturated carbocycles. The van der Waals surface area contributed by atoms with Crippen LogP contribution in [0.15, 0.2) is 64.2 Å². The van der Waals surface area contributed by atoms with Crippen molar-refractivity contribution in [3.63, 3.8) is 0 Å². The van der Waals surface area contributed by atoms with Gasteiger partial charge in [-0.2, -0.15) is 0 Å². The average molecular weight is 370 g/mol. The molecular weight excluding hydrogens is 350 g/mol. The highest BCUT2D eigenvalue weighted by atomic mass is 19.2. The topological polar surface area (TPSA) is 62.5 Å². The lowest BCUT2D eigenvalue weighted by molar-refractivity contribution is 0.504. The molecule has 0 bridgehead atoms. The molecule has 1 aromatic heterocycles. The Morgan fingerprint density at radius 1 is 1.15 bits per heavy atom. The first-order valence-electron chi connectivity index (χ1n) is 8.49. The maximum absolute atomic E-state index is 13.4. The molecule has 5 nitrogen and oxygen atoms in total. The van der Waals surface area contributed by atoms with Crippen molar-refractivity contribution in [2.45, 2.75) is 19.5 Å². The molecule has 3 rings (SSSR count). The fraction of sp³-hybridized carbons (Fsp3) is 0.200. The van der Waals surface area contributed by atoms with Crippen molar-refractivity contribution in [1.29, 1.82) is 0 Å². The van der Waals surface area contributed by atoms with Gasteiger partial charge in [0.2, 0.25) is 5.89 Å². The molecule has 2 aromatic carbocycles. The van der Waals surface area contributed by atoms with E-state index in [1.165, 1.54) is 12.1 Å². The highest BCUT2D eigenvalue weighted by Gasteiger charge is 2.12. The average Bonchev–Trinajstić information content (AvgIpc) is 3.17. The lowest BCUT2D eigenvalue weighted by Gasteiger charge is -2.18. The number of aromatic nitrogens is 1. The number of aliphatic imine (C=N–C) groups is 1. The summed E-state index contributed by atoms with van der Waals surface area (Å²) in [5, 5.41) is 6.26. The Morgan fingerprint density at radius 3 is 2.63 bits per heavy atom. The van der Waals surface area contributed by atoms with Gasteiger partial charge in [-0.1, -0.05) is 24.3 Å². The van der Waals surface area contributed by atoms with Gasteiger partial charge in [0.25, 0.3) is 0 Å². The first kappa shape index (κ1) is 18.6. The van der Waals surface area contributed by atoms with Gasteiger partial charge in [0.05, 0.1) is 18.3 Å². The van der Waals surface area contributed by atoms with E-state index in [9.17, 15) is 8.78 Å². The van der Waals surface area contributed by atoms with Crippen molar-refractivity contribution < 1.29 is 13.2 Å². The highest BCUT2D eigenvalue weighted by molar-refractivity contribution is 5.80. The third-order valence-corrected chi connectivity index (χ3v) is 4.03. The van der Waals surface area contributed by atoms with Crippen molar-refractivity contribution >= 4 is 5.96 Å². The summed E-state index contributed by atoms with van der Waals surface area (Å²) in [5.41, 5.74) is 2.24. The number of rotatable bonds is 5. The molecule has 0 radical (unpaired) electrons. The number of oxazole rings is 1. The Kier molecular flexibility index (Phi) is 5.80. The molecule has 140 valence electrons. The Hall–Kier alpha value is -3.22. The summed E-state index contributed by atoms with van der Waals surface area (Å²) < 4.78 is 32.0. The third kappa shape index (κ3) is 4.69. The predicted octanol–water partition coefficient (Wildman–Crippen LogP) is 4.05. The van der Waals surface area contributed by atoms with Crippen LogP contribution in [0.3, 0.4) is 0 Å².